The minimum atomic E-state index is 0.313. The Hall–Kier alpha value is -0.0800. The molecule has 0 aromatic rings. The van der Waals surface area contributed by atoms with E-state index in [0.29, 0.717) is 11.0 Å². The van der Waals surface area contributed by atoms with Gasteiger partial charge in [-0.3, -0.25) is 4.90 Å². The molecule has 0 radical (unpaired) electrons. The minimum Gasteiger partial charge on any atom is -0.329 e. The molecule has 1 aliphatic heterocycles. The third-order valence-electron chi connectivity index (χ3n) is 6.20. The maximum Gasteiger partial charge on any atom is 0.0335 e. The topological polar surface area (TPSA) is 29.3 Å². The van der Waals surface area contributed by atoms with Crippen molar-refractivity contribution in [3.05, 3.63) is 0 Å². The van der Waals surface area contributed by atoms with Crippen LogP contribution < -0.4 is 5.73 Å². The molecule has 1 atom stereocenters. The second kappa shape index (κ2) is 5.96. The highest BCUT2D eigenvalue weighted by atomic mass is 15.3. The Balaban J connectivity index is 2.08. The van der Waals surface area contributed by atoms with E-state index < -0.39 is 0 Å². The highest BCUT2D eigenvalue weighted by Gasteiger charge is 2.45. The van der Waals surface area contributed by atoms with Crippen LogP contribution in [0.25, 0.3) is 0 Å². The van der Waals surface area contributed by atoms with Gasteiger partial charge in [-0.25, -0.2) is 0 Å². The number of hydrogen-bond acceptors (Lipinski definition) is 2. The lowest BCUT2D eigenvalue weighted by Gasteiger charge is -2.51. The van der Waals surface area contributed by atoms with Gasteiger partial charge < -0.3 is 5.73 Å². The summed E-state index contributed by atoms with van der Waals surface area (Å²) in [4.78, 5) is 2.82. The molecule has 20 heavy (non-hydrogen) atoms. The molecular weight excluding hydrogens is 244 g/mol. The van der Waals surface area contributed by atoms with Gasteiger partial charge in [-0.2, -0.15) is 0 Å². The average molecular weight is 281 g/mol. The second-order valence-corrected chi connectivity index (χ2v) is 8.72. The van der Waals surface area contributed by atoms with E-state index in [1.165, 1.54) is 45.1 Å². The first-order valence-corrected chi connectivity index (χ1v) is 8.77. The normalized spacial score (nSPS) is 36.8. The van der Waals surface area contributed by atoms with E-state index in [9.17, 15) is 0 Å². The van der Waals surface area contributed by atoms with Gasteiger partial charge in [0.05, 0.1) is 0 Å². The zero-order chi connectivity index (χ0) is 15.0. The summed E-state index contributed by atoms with van der Waals surface area (Å²) in [7, 11) is 0. The third kappa shape index (κ3) is 3.06. The molecule has 2 fully saturated rings. The fraction of sp³-hybridized carbons (Fsp3) is 1.00. The van der Waals surface area contributed by atoms with Crippen LogP contribution in [-0.2, 0) is 0 Å². The number of likely N-dealkylation sites (tertiary alicyclic amines) is 1. The molecule has 2 nitrogen and oxygen atoms in total. The highest BCUT2D eigenvalue weighted by Crippen LogP contribution is 2.45. The van der Waals surface area contributed by atoms with Gasteiger partial charge in [-0.05, 0) is 62.3 Å². The molecule has 1 heterocycles. The molecule has 1 aliphatic carbocycles. The van der Waals surface area contributed by atoms with Crippen molar-refractivity contribution in [1.29, 1.82) is 0 Å². The maximum absolute atomic E-state index is 6.29. The van der Waals surface area contributed by atoms with Gasteiger partial charge in [0.15, 0.2) is 0 Å². The van der Waals surface area contributed by atoms with Gasteiger partial charge in [0.1, 0.15) is 0 Å². The molecule has 2 heteroatoms. The number of nitrogens with zero attached hydrogens (tertiary/aromatic N) is 1. The zero-order valence-electron chi connectivity index (χ0n) is 14.4. The lowest BCUT2D eigenvalue weighted by molar-refractivity contribution is 0.00172. The molecule has 0 spiro atoms. The lowest BCUT2D eigenvalue weighted by atomic mass is 9.66. The highest BCUT2D eigenvalue weighted by molar-refractivity contribution is 5.02. The summed E-state index contributed by atoms with van der Waals surface area (Å²) >= 11 is 0. The Labute approximate surface area is 126 Å². The summed E-state index contributed by atoms with van der Waals surface area (Å²) in [5, 5.41) is 0. The van der Waals surface area contributed by atoms with Crippen LogP contribution in [0, 0.1) is 17.3 Å². The Morgan fingerprint density at radius 3 is 2.20 bits per heavy atom. The van der Waals surface area contributed by atoms with E-state index in [2.05, 4.69) is 39.5 Å². The van der Waals surface area contributed by atoms with E-state index in [1.807, 2.05) is 0 Å². The fourth-order valence-electron chi connectivity index (χ4n) is 4.70. The molecule has 2 rings (SSSR count). The predicted octanol–water partition coefficient (Wildman–Crippen LogP) is 4.04. The largest absolute Gasteiger partial charge is 0.329 e. The van der Waals surface area contributed by atoms with Crippen LogP contribution in [0.4, 0.5) is 0 Å². The van der Waals surface area contributed by atoms with Crippen LogP contribution in [0.2, 0.25) is 0 Å². The standard InChI is InChI=1S/C18H36N2/c1-14(2)16-7-6-12-20(16)18(13-19)10-8-15(9-11-18)17(3,4)5/h14-16H,6-13,19H2,1-5H3. The van der Waals surface area contributed by atoms with Gasteiger partial charge in [0.25, 0.3) is 0 Å². The molecule has 2 N–H and O–H groups in total. The van der Waals surface area contributed by atoms with Crippen molar-refractivity contribution in [1.82, 2.24) is 4.90 Å². The van der Waals surface area contributed by atoms with Crippen molar-refractivity contribution in [2.24, 2.45) is 23.0 Å². The number of rotatable bonds is 3. The molecule has 1 saturated heterocycles. The molecule has 0 bridgehead atoms. The van der Waals surface area contributed by atoms with Crippen LogP contribution in [0.5, 0.6) is 0 Å². The van der Waals surface area contributed by atoms with Crippen LogP contribution in [0.3, 0.4) is 0 Å². The number of nitrogens with two attached hydrogens (primary N) is 1. The van der Waals surface area contributed by atoms with Gasteiger partial charge in [0, 0.05) is 18.1 Å². The maximum atomic E-state index is 6.29. The second-order valence-electron chi connectivity index (χ2n) is 8.72. The van der Waals surface area contributed by atoms with E-state index >= 15 is 0 Å². The molecule has 118 valence electrons. The van der Waals surface area contributed by atoms with Gasteiger partial charge in [0.2, 0.25) is 0 Å². The summed E-state index contributed by atoms with van der Waals surface area (Å²) in [6.07, 6.45) is 8.10. The van der Waals surface area contributed by atoms with Crippen molar-refractivity contribution in [2.45, 2.75) is 84.7 Å². The molecule has 0 aromatic heterocycles. The molecule has 1 saturated carbocycles. The Kier molecular flexibility index (Phi) is 4.86. The average Bonchev–Trinajstić information content (AvgIpc) is 2.87. The Morgan fingerprint density at radius 2 is 1.75 bits per heavy atom. The summed E-state index contributed by atoms with van der Waals surface area (Å²) in [5.74, 6) is 1.64. The fourth-order valence-corrected chi connectivity index (χ4v) is 4.70. The summed E-state index contributed by atoms with van der Waals surface area (Å²) in [6, 6.07) is 0.768. The van der Waals surface area contributed by atoms with E-state index in [4.69, 9.17) is 5.73 Å². The minimum absolute atomic E-state index is 0.313. The Bertz CT molecular complexity index is 308. The summed E-state index contributed by atoms with van der Waals surface area (Å²) in [5.41, 5.74) is 7.07. The van der Waals surface area contributed by atoms with Gasteiger partial charge >= 0.3 is 0 Å². The van der Waals surface area contributed by atoms with Crippen LogP contribution in [0.1, 0.15) is 73.1 Å². The zero-order valence-corrected chi connectivity index (χ0v) is 14.4. The molecule has 1 unspecified atom stereocenters. The van der Waals surface area contributed by atoms with Crippen molar-refractivity contribution in [2.75, 3.05) is 13.1 Å². The van der Waals surface area contributed by atoms with Crippen molar-refractivity contribution >= 4 is 0 Å². The molecule has 0 aromatic carbocycles. The van der Waals surface area contributed by atoms with E-state index in [-0.39, 0.29) is 0 Å². The lowest BCUT2D eigenvalue weighted by Crippen LogP contribution is -2.58. The van der Waals surface area contributed by atoms with Crippen LogP contribution in [-0.4, -0.2) is 29.6 Å². The first-order valence-electron chi connectivity index (χ1n) is 8.77. The monoisotopic (exact) mass is 280 g/mol. The third-order valence-corrected chi connectivity index (χ3v) is 6.20. The van der Waals surface area contributed by atoms with E-state index in [0.717, 1.165) is 24.4 Å². The van der Waals surface area contributed by atoms with Crippen molar-refractivity contribution in [3.8, 4) is 0 Å². The Morgan fingerprint density at radius 1 is 1.15 bits per heavy atom. The first-order chi connectivity index (χ1) is 9.30. The summed E-state index contributed by atoms with van der Waals surface area (Å²) < 4.78 is 0. The van der Waals surface area contributed by atoms with Crippen molar-refractivity contribution < 1.29 is 0 Å². The van der Waals surface area contributed by atoms with Crippen LogP contribution >= 0.6 is 0 Å². The quantitative estimate of drug-likeness (QED) is 0.845. The first kappa shape index (κ1) is 16.3. The van der Waals surface area contributed by atoms with Crippen molar-refractivity contribution in [3.63, 3.8) is 0 Å². The summed E-state index contributed by atoms with van der Waals surface area (Å²) in [6.45, 7) is 14.1. The number of hydrogen-bond donors (Lipinski definition) is 1. The predicted molar refractivity (Wildman–Crippen MR) is 87.8 cm³/mol. The van der Waals surface area contributed by atoms with Crippen LogP contribution in [0.15, 0.2) is 0 Å². The SMILES string of the molecule is CC(C)C1CCCN1C1(CN)CCC(C(C)(C)C)CC1. The van der Waals surface area contributed by atoms with Gasteiger partial charge in [-0.15, -0.1) is 0 Å². The molecule has 0 amide bonds. The van der Waals surface area contributed by atoms with E-state index in [1.54, 1.807) is 0 Å². The molecule has 2 aliphatic rings. The smallest absolute Gasteiger partial charge is 0.0335 e. The molecular formula is C18H36N2. The van der Waals surface area contributed by atoms with Gasteiger partial charge in [-0.1, -0.05) is 34.6 Å².